The Bertz CT molecular complexity index is 588. The van der Waals surface area contributed by atoms with E-state index in [1.807, 2.05) is 0 Å². The van der Waals surface area contributed by atoms with Gasteiger partial charge < -0.3 is 15.2 Å². The number of hydrogen-bond acceptors (Lipinski definition) is 3. The molecule has 25 heavy (non-hydrogen) atoms. The van der Waals surface area contributed by atoms with E-state index in [1.165, 1.54) is 45.0 Å². The molecule has 1 aromatic rings. The zero-order valence-corrected chi connectivity index (χ0v) is 14.1. The smallest absolute Gasteiger partial charge is 0.408 e. The third-order valence-electron chi connectivity index (χ3n) is 3.30. The number of halogens is 3. The van der Waals surface area contributed by atoms with E-state index in [9.17, 15) is 27.9 Å². The number of carboxylic acid groups (broad SMARTS) is 1. The summed E-state index contributed by atoms with van der Waals surface area (Å²) in [6, 6.07) is 3.83. The maximum Gasteiger partial charge on any atom is 0.408 e. The van der Waals surface area contributed by atoms with Crippen LogP contribution in [0.4, 0.5) is 18.0 Å². The van der Waals surface area contributed by atoms with Crippen molar-refractivity contribution in [3.8, 4) is 0 Å². The molecule has 0 radical (unpaired) electrons. The van der Waals surface area contributed by atoms with Gasteiger partial charge in [-0.05, 0) is 38.5 Å². The number of rotatable bonds is 7. The van der Waals surface area contributed by atoms with Gasteiger partial charge in [-0.1, -0.05) is 12.1 Å². The molecule has 0 aliphatic rings. The minimum Gasteiger partial charge on any atom is -0.465 e. The van der Waals surface area contributed by atoms with Gasteiger partial charge in [-0.3, -0.25) is 9.69 Å². The quantitative estimate of drug-likeness (QED) is 0.782. The summed E-state index contributed by atoms with van der Waals surface area (Å²) in [6.45, 7) is 0.651. The molecule has 2 amide bonds. The van der Waals surface area contributed by atoms with Gasteiger partial charge in [0.05, 0.1) is 6.61 Å². The van der Waals surface area contributed by atoms with E-state index in [-0.39, 0.29) is 6.54 Å². The van der Waals surface area contributed by atoms with Crippen LogP contribution in [0.25, 0.3) is 0 Å². The van der Waals surface area contributed by atoms with E-state index in [4.69, 9.17) is 0 Å². The molecule has 0 spiro atoms. The Morgan fingerprint density at radius 2 is 1.80 bits per heavy atom. The highest BCUT2D eigenvalue weighted by Gasteiger charge is 2.38. The first-order chi connectivity index (χ1) is 11.5. The number of amides is 2. The maximum absolute atomic E-state index is 12.9. The number of carbonyl (C=O) groups is 2. The molecule has 2 N–H and O–H groups in total. The lowest BCUT2D eigenvalue weighted by molar-refractivity contribution is -0.153. The topological polar surface area (TPSA) is 78.9 Å². The number of ether oxygens (including phenoxy) is 1. The molecule has 0 aliphatic heterocycles. The van der Waals surface area contributed by atoms with Crippen molar-refractivity contribution in [1.29, 1.82) is 0 Å². The molecule has 0 fully saturated rings. The van der Waals surface area contributed by atoms with Crippen LogP contribution in [0.5, 0.6) is 0 Å². The van der Waals surface area contributed by atoms with Gasteiger partial charge in [-0.2, -0.15) is 8.78 Å². The zero-order valence-electron chi connectivity index (χ0n) is 14.1. The molecule has 140 valence electrons. The normalized spacial score (nSPS) is 12.8. The molecular weight excluding hydrogens is 341 g/mol. The number of nitrogens with one attached hydrogen (secondary N) is 1. The summed E-state index contributed by atoms with van der Waals surface area (Å²) in [5, 5.41) is 11.8. The van der Waals surface area contributed by atoms with Crippen LogP contribution in [0.3, 0.4) is 0 Å². The zero-order chi connectivity index (χ0) is 19.2. The van der Waals surface area contributed by atoms with Crippen LogP contribution in [0, 0.1) is 5.82 Å². The monoisotopic (exact) mass is 362 g/mol. The van der Waals surface area contributed by atoms with E-state index >= 15 is 0 Å². The molecule has 0 aromatic heterocycles. The van der Waals surface area contributed by atoms with Crippen LogP contribution in [0.15, 0.2) is 24.3 Å². The SMILES string of the molecule is CC(C)(C)N(C(=O)O)[C@H](COC(F)F)C(=O)NCc1ccc(F)cc1. The second-order valence-corrected chi connectivity index (χ2v) is 6.28. The third-order valence-corrected chi connectivity index (χ3v) is 3.30. The van der Waals surface area contributed by atoms with Crippen molar-refractivity contribution in [3.63, 3.8) is 0 Å². The predicted octanol–water partition coefficient (Wildman–Crippen LogP) is 2.83. The largest absolute Gasteiger partial charge is 0.465 e. The van der Waals surface area contributed by atoms with Crippen molar-refractivity contribution in [3.05, 3.63) is 35.6 Å². The van der Waals surface area contributed by atoms with Crippen LogP contribution in [0.2, 0.25) is 0 Å². The molecule has 0 saturated carbocycles. The summed E-state index contributed by atoms with van der Waals surface area (Å²) >= 11 is 0. The minimum absolute atomic E-state index is 0.0120. The number of hydrogen-bond donors (Lipinski definition) is 2. The van der Waals surface area contributed by atoms with Crippen LogP contribution in [0.1, 0.15) is 26.3 Å². The van der Waals surface area contributed by atoms with Crippen LogP contribution in [-0.4, -0.2) is 46.8 Å². The van der Waals surface area contributed by atoms with E-state index in [2.05, 4.69) is 10.1 Å². The van der Waals surface area contributed by atoms with Crippen LogP contribution in [-0.2, 0) is 16.1 Å². The highest BCUT2D eigenvalue weighted by atomic mass is 19.3. The summed E-state index contributed by atoms with van der Waals surface area (Å²) in [7, 11) is 0. The highest BCUT2D eigenvalue weighted by molar-refractivity contribution is 5.85. The predicted molar refractivity (Wildman–Crippen MR) is 83.6 cm³/mol. The first kappa shape index (κ1) is 20.8. The number of nitrogens with zero attached hydrogens (tertiary/aromatic N) is 1. The number of benzene rings is 1. The van der Waals surface area contributed by atoms with Crippen LogP contribution >= 0.6 is 0 Å². The lowest BCUT2D eigenvalue weighted by atomic mass is 10.0. The Hall–Kier alpha value is -2.29. The van der Waals surface area contributed by atoms with Gasteiger partial charge in [0.15, 0.2) is 0 Å². The van der Waals surface area contributed by atoms with E-state index in [0.717, 1.165) is 4.90 Å². The average Bonchev–Trinajstić information content (AvgIpc) is 2.48. The summed E-state index contributed by atoms with van der Waals surface area (Å²) < 4.78 is 41.7. The molecule has 0 saturated heterocycles. The summed E-state index contributed by atoms with van der Waals surface area (Å²) in [6.07, 6.45) is -1.44. The van der Waals surface area contributed by atoms with Gasteiger partial charge in [-0.15, -0.1) is 0 Å². The van der Waals surface area contributed by atoms with E-state index in [0.29, 0.717) is 5.56 Å². The number of alkyl halides is 2. The molecule has 0 unspecified atom stereocenters. The Balaban J connectivity index is 2.91. The Labute approximate surface area is 143 Å². The maximum atomic E-state index is 12.9. The fourth-order valence-electron chi connectivity index (χ4n) is 2.23. The Morgan fingerprint density at radius 1 is 1.24 bits per heavy atom. The highest BCUT2D eigenvalue weighted by Crippen LogP contribution is 2.19. The lowest BCUT2D eigenvalue weighted by Crippen LogP contribution is -2.58. The number of carbonyl (C=O) groups excluding carboxylic acids is 1. The van der Waals surface area contributed by atoms with Crippen LogP contribution < -0.4 is 5.32 Å². The molecule has 0 aliphatic carbocycles. The standard InChI is InChI=1S/C16H21F3N2O4/c1-16(2,3)21(15(23)24)12(9-25-14(18)19)13(22)20-8-10-4-6-11(17)7-5-10/h4-7,12,14H,8-9H2,1-3H3,(H,20,22)(H,23,24)/t12-/m1/s1. The molecule has 1 rings (SSSR count). The fraction of sp³-hybridized carbons (Fsp3) is 0.500. The van der Waals surface area contributed by atoms with Crippen molar-refractivity contribution in [2.75, 3.05) is 6.61 Å². The molecule has 6 nitrogen and oxygen atoms in total. The molecule has 1 atom stereocenters. The fourth-order valence-corrected chi connectivity index (χ4v) is 2.23. The summed E-state index contributed by atoms with van der Waals surface area (Å²) in [5.74, 6) is -1.23. The third kappa shape index (κ3) is 6.61. The minimum atomic E-state index is -3.14. The second kappa shape index (κ2) is 8.70. The van der Waals surface area contributed by atoms with Gasteiger partial charge in [0.2, 0.25) is 5.91 Å². The molecule has 9 heteroatoms. The average molecular weight is 362 g/mol. The first-order valence-corrected chi connectivity index (χ1v) is 7.46. The first-order valence-electron chi connectivity index (χ1n) is 7.46. The van der Waals surface area contributed by atoms with Crippen molar-refractivity contribution in [2.45, 2.75) is 45.5 Å². The van der Waals surface area contributed by atoms with Crippen molar-refractivity contribution < 1.29 is 32.6 Å². The Morgan fingerprint density at radius 3 is 2.24 bits per heavy atom. The second-order valence-electron chi connectivity index (χ2n) is 6.28. The molecular formula is C16H21F3N2O4. The van der Waals surface area contributed by atoms with Gasteiger partial charge in [-0.25, -0.2) is 9.18 Å². The molecule has 1 aromatic carbocycles. The van der Waals surface area contributed by atoms with E-state index < -0.39 is 42.6 Å². The summed E-state index contributed by atoms with van der Waals surface area (Å²) in [5.41, 5.74) is -0.448. The molecule has 0 heterocycles. The van der Waals surface area contributed by atoms with Gasteiger partial charge in [0.25, 0.3) is 0 Å². The molecule has 0 bridgehead atoms. The van der Waals surface area contributed by atoms with Gasteiger partial charge in [0, 0.05) is 12.1 Å². The lowest BCUT2D eigenvalue weighted by Gasteiger charge is -2.38. The van der Waals surface area contributed by atoms with Crippen molar-refractivity contribution in [2.24, 2.45) is 0 Å². The Kier molecular flexibility index (Phi) is 7.22. The van der Waals surface area contributed by atoms with Gasteiger partial charge in [0.1, 0.15) is 11.9 Å². The summed E-state index contributed by atoms with van der Waals surface area (Å²) in [4.78, 5) is 24.6. The van der Waals surface area contributed by atoms with E-state index in [1.54, 1.807) is 0 Å². The van der Waals surface area contributed by atoms with Crippen molar-refractivity contribution >= 4 is 12.0 Å². The van der Waals surface area contributed by atoms with Gasteiger partial charge >= 0.3 is 12.7 Å². The van der Waals surface area contributed by atoms with Crippen molar-refractivity contribution in [1.82, 2.24) is 10.2 Å².